The number of terminal acetylenes is 1. The average molecular weight is 455 g/mol. The molecule has 0 aliphatic rings. The van der Waals surface area contributed by atoms with Gasteiger partial charge in [-0.1, -0.05) is 74.3 Å². The van der Waals surface area contributed by atoms with Crippen LogP contribution in [0.1, 0.15) is 81.6 Å². The molecule has 0 aliphatic heterocycles. The molecule has 3 nitrogen and oxygen atoms in total. The molecule has 0 radical (unpaired) electrons. The monoisotopic (exact) mass is 454 g/mol. The molecular weight excluding hydrogens is 404 g/mol. The van der Waals surface area contributed by atoms with E-state index in [0.29, 0.717) is 35.9 Å². The van der Waals surface area contributed by atoms with Crippen LogP contribution >= 0.6 is 0 Å². The standard InChI is InChI=1S/C25H50O3Si2/c1-14-16-22(26)17-24(27-29(12,13)25(9,10)11)18-23(15-2)28-30(19(3)4,20(5)6)21(7)8/h2,14,19-24,26H,1,16-18H2,3-13H3/t22-,23-,24-/m1/s1. The van der Waals surface area contributed by atoms with E-state index < -0.39 is 22.7 Å². The number of hydrogen-bond donors (Lipinski definition) is 1. The van der Waals surface area contributed by atoms with E-state index in [4.69, 9.17) is 15.3 Å². The lowest BCUT2D eigenvalue weighted by Crippen LogP contribution is -2.51. The van der Waals surface area contributed by atoms with Gasteiger partial charge in [-0.2, -0.15) is 0 Å². The first-order chi connectivity index (χ1) is 13.5. The molecule has 0 saturated heterocycles. The molecule has 0 heterocycles. The summed E-state index contributed by atoms with van der Waals surface area (Å²) in [5.41, 5.74) is 1.42. The molecule has 0 rings (SSSR count). The quantitative estimate of drug-likeness (QED) is 0.180. The van der Waals surface area contributed by atoms with Crippen LogP contribution in [0.5, 0.6) is 0 Å². The Hall–Kier alpha value is -0.386. The van der Waals surface area contributed by atoms with Crippen LogP contribution in [0.15, 0.2) is 12.7 Å². The maximum Gasteiger partial charge on any atom is 0.202 e. The van der Waals surface area contributed by atoms with Crippen LogP contribution < -0.4 is 0 Å². The molecule has 5 heteroatoms. The summed E-state index contributed by atoms with van der Waals surface area (Å²) in [4.78, 5) is 0. The molecule has 176 valence electrons. The van der Waals surface area contributed by atoms with Crippen LogP contribution in [0.2, 0.25) is 34.8 Å². The number of hydrogen-bond acceptors (Lipinski definition) is 3. The fourth-order valence-corrected chi connectivity index (χ4v) is 11.3. The first-order valence-electron chi connectivity index (χ1n) is 11.7. The molecule has 30 heavy (non-hydrogen) atoms. The van der Waals surface area contributed by atoms with E-state index in [0.717, 1.165) is 0 Å². The molecule has 0 amide bonds. The number of aliphatic hydroxyl groups is 1. The van der Waals surface area contributed by atoms with Crippen molar-refractivity contribution in [3.8, 4) is 12.3 Å². The highest BCUT2D eigenvalue weighted by atomic mass is 28.4. The van der Waals surface area contributed by atoms with Crippen LogP contribution in [0.4, 0.5) is 0 Å². The fourth-order valence-electron chi connectivity index (χ4n) is 4.42. The third kappa shape index (κ3) is 7.95. The Kier molecular flexibility index (Phi) is 11.9. The third-order valence-corrected chi connectivity index (χ3v) is 17.6. The summed E-state index contributed by atoms with van der Waals surface area (Å²) in [5.74, 6) is 2.93. The van der Waals surface area contributed by atoms with Gasteiger partial charge in [0.05, 0.1) is 12.2 Å². The maximum atomic E-state index is 10.5. The third-order valence-electron chi connectivity index (χ3n) is 6.96. The van der Waals surface area contributed by atoms with E-state index >= 15 is 0 Å². The van der Waals surface area contributed by atoms with Gasteiger partial charge in [-0.3, -0.25) is 0 Å². The minimum Gasteiger partial charge on any atom is -0.414 e. The summed E-state index contributed by atoms with van der Waals surface area (Å²) in [7, 11) is -4.11. The zero-order valence-electron chi connectivity index (χ0n) is 21.7. The van der Waals surface area contributed by atoms with E-state index in [2.05, 4.69) is 87.9 Å². The van der Waals surface area contributed by atoms with Gasteiger partial charge in [-0.25, -0.2) is 0 Å². The zero-order valence-corrected chi connectivity index (χ0v) is 23.7. The van der Waals surface area contributed by atoms with Gasteiger partial charge in [0.1, 0.15) is 6.10 Å². The molecule has 0 spiro atoms. The highest BCUT2D eigenvalue weighted by molar-refractivity contribution is 6.77. The second kappa shape index (κ2) is 12.0. The molecular formula is C25H50O3Si2. The Morgan fingerprint density at radius 2 is 1.43 bits per heavy atom. The smallest absolute Gasteiger partial charge is 0.202 e. The van der Waals surface area contributed by atoms with E-state index in [-0.39, 0.29) is 17.2 Å². The lowest BCUT2D eigenvalue weighted by Gasteiger charge is -2.45. The Morgan fingerprint density at radius 3 is 1.77 bits per heavy atom. The summed E-state index contributed by atoms with van der Waals surface area (Å²) < 4.78 is 13.6. The van der Waals surface area contributed by atoms with Gasteiger partial charge >= 0.3 is 0 Å². The molecule has 1 N–H and O–H groups in total. The lowest BCUT2D eigenvalue weighted by atomic mass is 10.0. The topological polar surface area (TPSA) is 38.7 Å². The van der Waals surface area contributed by atoms with Gasteiger partial charge in [-0.15, -0.1) is 13.0 Å². The number of aliphatic hydroxyl groups excluding tert-OH is 1. The molecule has 0 saturated carbocycles. The highest BCUT2D eigenvalue weighted by Crippen LogP contribution is 2.44. The minimum absolute atomic E-state index is 0.0907. The second-order valence-corrected chi connectivity index (χ2v) is 21.4. The van der Waals surface area contributed by atoms with Crippen molar-refractivity contribution in [2.75, 3.05) is 0 Å². The Bertz CT molecular complexity index is 534. The first-order valence-corrected chi connectivity index (χ1v) is 16.7. The van der Waals surface area contributed by atoms with E-state index in [9.17, 15) is 5.11 Å². The molecule has 0 unspecified atom stereocenters. The Morgan fingerprint density at radius 1 is 0.967 bits per heavy atom. The van der Waals surface area contributed by atoms with Gasteiger partial charge in [0.25, 0.3) is 0 Å². The van der Waals surface area contributed by atoms with Crippen molar-refractivity contribution in [2.45, 2.75) is 135 Å². The lowest BCUT2D eigenvalue weighted by molar-refractivity contribution is 0.0618. The van der Waals surface area contributed by atoms with Crippen molar-refractivity contribution in [2.24, 2.45) is 0 Å². The SMILES string of the molecule is C#C[C@H](C[C@@H](C[C@H](O)CC=C)O[Si](C)(C)C(C)(C)C)O[Si](C(C)C)(C(C)C)C(C)C. The van der Waals surface area contributed by atoms with Gasteiger partial charge in [0.15, 0.2) is 8.32 Å². The largest absolute Gasteiger partial charge is 0.414 e. The molecule has 0 aromatic rings. The van der Waals surface area contributed by atoms with Crippen molar-refractivity contribution in [3.63, 3.8) is 0 Å². The van der Waals surface area contributed by atoms with E-state index in [1.165, 1.54) is 0 Å². The van der Waals surface area contributed by atoms with Crippen LogP contribution in [-0.4, -0.2) is 40.1 Å². The normalized spacial score (nSPS) is 16.6. The summed E-state index contributed by atoms with van der Waals surface area (Å²) in [6.07, 6.45) is 8.59. The van der Waals surface area contributed by atoms with Crippen LogP contribution in [-0.2, 0) is 8.85 Å². The van der Waals surface area contributed by atoms with Gasteiger partial charge < -0.3 is 14.0 Å². The fraction of sp³-hybridized carbons (Fsp3) is 0.840. The average Bonchev–Trinajstić information content (AvgIpc) is 2.55. The maximum absolute atomic E-state index is 10.5. The van der Waals surface area contributed by atoms with Gasteiger partial charge in [0.2, 0.25) is 8.32 Å². The van der Waals surface area contributed by atoms with Crippen molar-refractivity contribution in [1.82, 2.24) is 0 Å². The summed E-state index contributed by atoms with van der Waals surface area (Å²) in [6, 6.07) is 0. The second-order valence-electron chi connectivity index (χ2n) is 11.2. The molecule has 0 aliphatic carbocycles. The van der Waals surface area contributed by atoms with Crippen molar-refractivity contribution >= 4 is 16.6 Å². The molecule has 0 bridgehead atoms. The molecule has 3 atom stereocenters. The summed E-state index contributed by atoms with van der Waals surface area (Å²) in [6.45, 7) is 28.6. The van der Waals surface area contributed by atoms with Crippen molar-refractivity contribution in [1.29, 1.82) is 0 Å². The summed E-state index contributed by atoms with van der Waals surface area (Å²) in [5, 5.41) is 10.6. The van der Waals surface area contributed by atoms with Gasteiger partial charge in [0, 0.05) is 6.42 Å². The van der Waals surface area contributed by atoms with Crippen molar-refractivity contribution in [3.05, 3.63) is 12.7 Å². The van der Waals surface area contributed by atoms with Crippen LogP contribution in [0.25, 0.3) is 0 Å². The van der Waals surface area contributed by atoms with E-state index in [1.54, 1.807) is 6.08 Å². The van der Waals surface area contributed by atoms with Crippen molar-refractivity contribution < 1.29 is 14.0 Å². The van der Waals surface area contributed by atoms with Gasteiger partial charge in [-0.05, 0) is 47.6 Å². The zero-order chi connectivity index (χ0) is 23.9. The first kappa shape index (κ1) is 29.6. The van der Waals surface area contributed by atoms with E-state index in [1.807, 2.05) is 0 Å². The molecule has 0 aromatic carbocycles. The predicted molar refractivity (Wildman–Crippen MR) is 137 cm³/mol. The Balaban J connectivity index is 5.80. The molecule has 0 aromatic heterocycles. The predicted octanol–water partition coefficient (Wildman–Crippen LogP) is 7.29. The van der Waals surface area contributed by atoms with Crippen LogP contribution in [0, 0.1) is 12.3 Å². The van der Waals surface area contributed by atoms with Crippen LogP contribution in [0.3, 0.4) is 0 Å². The number of rotatable bonds is 13. The Labute approximate surface area is 190 Å². The molecule has 0 fully saturated rings. The highest BCUT2D eigenvalue weighted by Gasteiger charge is 2.47. The minimum atomic E-state index is -2.09. The summed E-state index contributed by atoms with van der Waals surface area (Å²) >= 11 is 0.